The van der Waals surface area contributed by atoms with Crippen molar-refractivity contribution in [2.45, 2.75) is 94.8 Å². The van der Waals surface area contributed by atoms with E-state index in [0.29, 0.717) is 37.2 Å². The van der Waals surface area contributed by atoms with Crippen LogP contribution in [0.3, 0.4) is 0 Å². The molecule has 3 amide bonds. The first-order valence-electron chi connectivity index (χ1n) is 15.5. The van der Waals surface area contributed by atoms with E-state index in [-0.39, 0.29) is 41.2 Å². The predicted octanol–water partition coefficient (Wildman–Crippen LogP) is 4.11. The van der Waals surface area contributed by atoms with E-state index in [9.17, 15) is 27.4 Å². The second kappa shape index (κ2) is 21.8. The number of amides is 3. The van der Waals surface area contributed by atoms with Crippen molar-refractivity contribution in [3.8, 4) is 0 Å². The van der Waals surface area contributed by atoms with Gasteiger partial charge in [0.1, 0.15) is 10.7 Å². The fourth-order valence-corrected chi connectivity index (χ4v) is 5.04. The molecule has 0 aliphatic carbocycles. The summed E-state index contributed by atoms with van der Waals surface area (Å²) >= 11 is 0. The molecule has 6 N–H and O–H groups in total. The first-order valence-corrected chi connectivity index (χ1v) is 16.9. The molecule has 1 aromatic heterocycles. The average Bonchev–Trinajstić information content (AvgIpc) is 3.02. The van der Waals surface area contributed by atoms with Gasteiger partial charge in [-0.1, -0.05) is 69.6 Å². The van der Waals surface area contributed by atoms with Gasteiger partial charge in [0, 0.05) is 37.8 Å². The van der Waals surface area contributed by atoms with E-state index in [1.54, 1.807) is 18.2 Å². The van der Waals surface area contributed by atoms with Gasteiger partial charge >= 0.3 is 0 Å². The van der Waals surface area contributed by atoms with Crippen LogP contribution in [0.5, 0.6) is 0 Å². The van der Waals surface area contributed by atoms with Gasteiger partial charge in [0.05, 0.1) is 11.8 Å². The summed E-state index contributed by atoms with van der Waals surface area (Å²) in [5, 5.41) is 15.5. The van der Waals surface area contributed by atoms with Gasteiger partial charge in [0.2, 0.25) is 11.8 Å². The molecule has 0 unspecified atom stereocenters. The monoisotopic (exact) mass is 646 g/mol. The molecular formula is C31H46N6O7S. The van der Waals surface area contributed by atoms with Crippen LogP contribution in [0.2, 0.25) is 0 Å². The van der Waals surface area contributed by atoms with Gasteiger partial charge in [-0.2, -0.15) is 13.5 Å². The lowest BCUT2D eigenvalue weighted by molar-refractivity contribution is -0.129. The third-order valence-electron chi connectivity index (χ3n) is 6.87. The van der Waals surface area contributed by atoms with Crippen molar-refractivity contribution < 1.29 is 32.5 Å². The molecule has 14 heteroatoms. The van der Waals surface area contributed by atoms with Crippen molar-refractivity contribution in [1.82, 2.24) is 21.2 Å². The first kappa shape index (κ1) is 37.3. The second-order valence-electron chi connectivity index (χ2n) is 10.6. The molecule has 0 aliphatic rings. The van der Waals surface area contributed by atoms with E-state index in [2.05, 4.69) is 31.7 Å². The summed E-state index contributed by atoms with van der Waals surface area (Å²) in [4.78, 5) is 40.1. The molecular weight excluding hydrogens is 600 g/mol. The van der Waals surface area contributed by atoms with Gasteiger partial charge in [0.15, 0.2) is 0 Å². The predicted molar refractivity (Wildman–Crippen MR) is 172 cm³/mol. The Kier molecular flexibility index (Phi) is 18.0. The summed E-state index contributed by atoms with van der Waals surface area (Å²) in [5.41, 5.74) is 8.10. The molecule has 2 rings (SSSR count). The fraction of sp³-hybridized carbons (Fsp3) is 0.516. The molecule has 2 aromatic rings. The highest BCUT2D eigenvalue weighted by Gasteiger charge is 2.13. The minimum Gasteiger partial charge on any atom is -0.396 e. The lowest BCUT2D eigenvalue weighted by Crippen LogP contribution is -2.41. The van der Waals surface area contributed by atoms with Crippen molar-refractivity contribution >= 4 is 39.9 Å². The van der Waals surface area contributed by atoms with Crippen LogP contribution >= 0.6 is 0 Å². The molecule has 1 aromatic carbocycles. The van der Waals surface area contributed by atoms with Crippen LogP contribution < -0.4 is 21.6 Å². The fourth-order valence-electron chi connectivity index (χ4n) is 4.37. The SMILES string of the molecule is O=C(CCCCCCCCCCCO)NNC(=O)CCCCCNC(=O)c1ccc(N/N=C/c2ccccc2S(=O)(=O)O)nc1. The number of hydrazine groups is 1. The number of aliphatic hydroxyl groups is 1. The van der Waals surface area contributed by atoms with Crippen LogP contribution in [0.4, 0.5) is 5.82 Å². The van der Waals surface area contributed by atoms with Crippen molar-refractivity contribution in [3.63, 3.8) is 0 Å². The number of anilines is 1. The summed E-state index contributed by atoms with van der Waals surface area (Å²) in [5.74, 6) is -0.410. The number of benzene rings is 1. The Morgan fingerprint density at radius 3 is 1.93 bits per heavy atom. The summed E-state index contributed by atoms with van der Waals surface area (Å²) in [7, 11) is -4.39. The molecule has 0 radical (unpaired) electrons. The number of nitrogens with one attached hydrogen (secondary N) is 4. The topological polar surface area (TPSA) is 199 Å². The Morgan fingerprint density at radius 2 is 1.36 bits per heavy atom. The normalized spacial score (nSPS) is 11.3. The molecule has 0 saturated heterocycles. The minimum absolute atomic E-state index is 0.192. The number of carbonyl (C=O) groups excluding carboxylic acids is 3. The lowest BCUT2D eigenvalue weighted by Gasteiger charge is -2.08. The van der Waals surface area contributed by atoms with Crippen LogP contribution in [-0.2, 0) is 19.7 Å². The number of carbonyl (C=O) groups is 3. The van der Waals surface area contributed by atoms with Crippen LogP contribution in [-0.4, -0.2) is 60.1 Å². The van der Waals surface area contributed by atoms with Crippen LogP contribution in [0.15, 0.2) is 52.6 Å². The lowest BCUT2D eigenvalue weighted by atomic mass is 10.1. The molecule has 0 aliphatic heterocycles. The van der Waals surface area contributed by atoms with E-state index in [4.69, 9.17) is 5.11 Å². The number of aromatic nitrogens is 1. The first-order chi connectivity index (χ1) is 21.7. The summed E-state index contributed by atoms with van der Waals surface area (Å²) in [6, 6.07) is 8.95. The minimum atomic E-state index is -4.39. The van der Waals surface area contributed by atoms with Gasteiger partial charge in [-0.25, -0.2) is 4.98 Å². The van der Waals surface area contributed by atoms with E-state index in [1.165, 1.54) is 43.5 Å². The molecule has 13 nitrogen and oxygen atoms in total. The standard InChI is InChI=1S/C31H46N6O7S/c38-22-14-7-5-3-1-2-4-6-9-17-29(39)36-37-30(40)18-10-8-13-21-32-31(41)26-19-20-28(33-23-26)35-34-24-25-15-11-12-16-27(25)45(42,43)44/h11-12,15-16,19-20,23-24,38H,1-10,13-14,17-18,21-22H2,(H,32,41)(H,33,35)(H,36,39)(H,37,40)(H,42,43,44)/b34-24+. The van der Waals surface area contributed by atoms with E-state index in [1.807, 2.05) is 0 Å². The van der Waals surface area contributed by atoms with Crippen molar-refractivity contribution in [2.24, 2.45) is 5.10 Å². The average molecular weight is 647 g/mol. The second-order valence-corrected chi connectivity index (χ2v) is 12.0. The van der Waals surface area contributed by atoms with Gasteiger partial charge in [0.25, 0.3) is 16.0 Å². The molecule has 0 saturated carbocycles. The van der Waals surface area contributed by atoms with Gasteiger partial charge < -0.3 is 10.4 Å². The number of unbranched alkanes of at least 4 members (excludes halogenated alkanes) is 10. The molecule has 248 valence electrons. The number of hydrogen-bond donors (Lipinski definition) is 6. The molecule has 45 heavy (non-hydrogen) atoms. The van der Waals surface area contributed by atoms with Gasteiger partial charge in [-0.3, -0.25) is 35.2 Å². The molecule has 0 atom stereocenters. The zero-order chi connectivity index (χ0) is 32.8. The quantitative estimate of drug-likeness (QED) is 0.0472. The highest BCUT2D eigenvalue weighted by atomic mass is 32.2. The zero-order valence-electron chi connectivity index (χ0n) is 25.7. The number of hydrazone groups is 1. The van der Waals surface area contributed by atoms with Crippen LogP contribution in [0.1, 0.15) is 106 Å². The van der Waals surface area contributed by atoms with Crippen molar-refractivity contribution in [2.75, 3.05) is 18.6 Å². The highest BCUT2D eigenvalue weighted by Crippen LogP contribution is 2.14. The van der Waals surface area contributed by atoms with Crippen LogP contribution in [0, 0.1) is 0 Å². The summed E-state index contributed by atoms with van der Waals surface area (Å²) < 4.78 is 32.2. The highest BCUT2D eigenvalue weighted by molar-refractivity contribution is 7.86. The number of pyridine rings is 1. The summed E-state index contributed by atoms with van der Waals surface area (Å²) in [6.07, 6.45) is 14.8. The van der Waals surface area contributed by atoms with Gasteiger partial charge in [-0.15, -0.1) is 0 Å². The molecule has 0 bridgehead atoms. The number of nitrogens with zero attached hydrogens (tertiary/aromatic N) is 2. The van der Waals surface area contributed by atoms with E-state index >= 15 is 0 Å². The molecule has 0 spiro atoms. The van der Waals surface area contributed by atoms with Crippen LogP contribution in [0.25, 0.3) is 0 Å². The smallest absolute Gasteiger partial charge is 0.295 e. The van der Waals surface area contributed by atoms with Gasteiger partial charge in [-0.05, 0) is 43.9 Å². The largest absolute Gasteiger partial charge is 0.396 e. The van der Waals surface area contributed by atoms with E-state index < -0.39 is 10.1 Å². The van der Waals surface area contributed by atoms with Crippen molar-refractivity contribution in [1.29, 1.82) is 0 Å². The molecule has 1 heterocycles. The maximum Gasteiger partial charge on any atom is 0.295 e. The Hall–Kier alpha value is -3.88. The van der Waals surface area contributed by atoms with Crippen molar-refractivity contribution in [3.05, 3.63) is 53.7 Å². The molecule has 0 fully saturated rings. The third kappa shape index (κ3) is 16.7. The Morgan fingerprint density at radius 1 is 0.778 bits per heavy atom. The zero-order valence-corrected chi connectivity index (χ0v) is 26.5. The number of rotatable bonds is 22. The summed E-state index contributed by atoms with van der Waals surface area (Å²) in [6.45, 7) is 0.699. The number of hydrogen-bond acceptors (Lipinski definition) is 9. The number of aliphatic hydroxyl groups excluding tert-OH is 1. The Labute approximate surface area is 265 Å². The maximum atomic E-state index is 12.4. The maximum absolute atomic E-state index is 12.4. The Balaban J connectivity index is 1.51. The third-order valence-corrected chi connectivity index (χ3v) is 7.80. The van der Waals surface area contributed by atoms with E-state index in [0.717, 1.165) is 51.4 Å². The Bertz CT molecular complexity index is 1320.